The summed E-state index contributed by atoms with van der Waals surface area (Å²) in [5, 5.41) is 11.5. The van der Waals surface area contributed by atoms with Crippen LogP contribution >= 0.6 is 11.8 Å². The van der Waals surface area contributed by atoms with Crippen LogP contribution in [0.1, 0.15) is 32.1 Å². The lowest BCUT2D eigenvalue weighted by atomic mass is 9.97. The molecule has 110 valence electrons. The maximum Gasteiger partial charge on any atom is 0.317 e. The van der Waals surface area contributed by atoms with E-state index in [1.165, 1.54) is 18.6 Å². The van der Waals surface area contributed by atoms with Gasteiger partial charge in [0.25, 0.3) is 0 Å². The number of hydrogen-bond donors (Lipinski definition) is 2. The van der Waals surface area contributed by atoms with Gasteiger partial charge in [-0.15, -0.1) is 0 Å². The van der Waals surface area contributed by atoms with Crippen molar-refractivity contribution in [1.29, 1.82) is 0 Å². The van der Waals surface area contributed by atoms with Crippen LogP contribution in [0.4, 0.5) is 4.79 Å². The van der Waals surface area contributed by atoms with Crippen molar-refractivity contribution in [2.75, 3.05) is 31.6 Å². The summed E-state index contributed by atoms with van der Waals surface area (Å²) >= 11 is 1.87. The molecule has 2 N–H and O–H groups in total. The van der Waals surface area contributed by atoms with Crippen LogP contribution < -0.4 is 5.32 Å². The Bertz CT molecular complexity index is 294. The van der Waals surface area contributed by atoms with Gasteiger partial charge in [-0.25, -0.2) is 4.79 Å². The van der Waals surface area contributed by atoms with E-state index in [1.807, 2.05) is 11.8 Å². The minimum atomic E-state index is -0.782. The first-order valence-corrected chi connectivity index (χ1v) is 8.26. The standard InChI is InChI=1S/C13H24N2O3S/c1-19-7-5-3-2-4-6-14-13(18)15-9-11(10-15)8-12(16)17/h11H,2-10H2,1H3,(H,14,18)(H,16,17). The molecule has 1 aliphatic rings. The number of unbranched alkanes of at least 4 members (excludes halogenated alkanes) is 3. The van der Waals surface area contributed by atoms with Crippen molar-refractivity contribution in [2.24, 2.45) is 5.92 Å². The van der Waals surface area contributed by atoms with Crippen LogP contribution in [0, 0.1) is 5.92 Å². The first kappa shape index (κ1) is 16.1. The lowest BCUT2D eigenvalue weighted by molar-refractivity contribution is -0.139. The summed E-state index contributed by atoms with van der Waals surface area (Å²) in [5.74, 6) is 0.565. The number of likely N-dealkylation sites (tertiary alicyclic amines) is 1. The number of rotatable bonds is 9. The van der Waals surface area contributed by atoms with Crippen molar-refractivity contribution in [1.82, 2.24) is 10.2 Å². The lowest BCUT2D eigenvalue weighted by Crippen LogP contribution is -2.54. The summed E-state index contributed by atoms with van der Waals surface area (Å²) in [6.07, 6.45) is 6.93. The van der Waals surface area contributed by atoms with Gasteiger partial charge in [-0.05, 0) is 24.9 Å². The number of carbonyl (C=O) groups excluding carboxylic acids is 1. The molecule has 0 aromatic heterocycles. The molecule has 0 saturated carbocycles. The lowest BCUT2D eigenvalue weighted by Gasteiger charge is -2.38. The number of nitrogens with zero attached hydrogens (tertiary/aromatic N) is 1. The van der Waals surface area contributed by atoms with E-state index >= 15 is 0 Å². The van der Waals surface area contributed by atoms with Crippen LogP contribution in [-0.4, -0.2) is 53.6 Å². The predicted molar refractivity (Wildman–Crippen MR) is 77.6 cm³/mol. The molecular formula is C13H24N2O3S. The fourth-order valence-electron chi connectivity index (χ4n) is 2.14. The summed E-state index contributed by atoms with van der Waals surface area (Å²) < 4.78 is 0. The third kappa shape index (κ3) is 6.71. The van der Waals surface area contributed by atoms with Crippen molar-refractivity contribution in [3.63, 3.8) is 0 Å². The first-order valence-electron chi connectivity index (χ1n) is 6.87. The second-order valence-electron chi connectivity index (χ2n) is 5.01. The molecule has 5 nitrogen and oxygen atoms in total. The number of carboxylic acids is 1. The summed E-state index contributed by atoms with van der Waals surface area (Å²) in [7, 11) is 0. The monoisotopic (exact) mass is 288 g/mol. The predicted octanol–water partition coefficient (Wildman–Crippen LogP) is 2.03. The van der Waals surface area contributed by atoms with Gasteiger partial charge in [-0.1, -0.05) is 12.8 Å². The van der Waals surface area contributed by atoms with Crippen LogP contribution in [-0.2, 0) is 4.79 Å². The van der Waals surface area contributed by atoms with Gasteiger partial charge in [0.15, 0.2) is 0 Å². The van der Waals surface area contributed by atoms with Gasteiger partial charge in [0.2, 0.25) is 0 Å². The molecule has 0 aromatic carbocycles. The average Bonchev–Trinajstić information content (AvgIpc) is 2.31. The normalized spacial score (nSPS) is 15.1. The molecule has 1 saturated heterocycles. The molecule has 19 heavy (non-hydrogen) atoms. The zero-order valence-corrected chi connectivity index (χ0v) is 12.4. The number of urea groups is 1. The maximum atomic E-state index is 11.7. The summed E-state index contributed by atoms with van der Waals surface area (Å²) in [4.78, 5) is 23.8. The number of carbonyl (C=O) groups is 2. The fraction of sp³-hybridized carbons (Fsp3) is 0.846. The Balaban J connectivity index is 1.94. The molecule has 2 amide bonds. The van der Waals surface area contributed by atoms with Crippen LogP contribution in [0.3, 0.4) is 0 Å². The Morgan fingerprint density at radius 3 is 2.58 bits per heavy atom. The van der Waals surface area contributed by atoms with Crippen molar-refractivity contribution in [2.45, 2.75) is 32.1 Å². The van der Waals surface area contributed by atoms with E-state index < -0.39 is 5.97 Å². The van der Waals surface area contributed by atoms with E-state index in [9.17, 15) is 9.59 Å². The molecule has 0 spiro atoms. The number of nitrogens with one attached hydrogen (secondary N) is 1. The molecular weight excluding hydrogens is 264 g/mol. The van der Waals surface area contributed by atoms with Crippen LogP contribution in [0.25, 0.3) is 0 Å². The number of carboxylic acid groups (broad SMARTS) is 1. The molecule has 0 atom stereocenters. The second-order valence-corrected chi connectivity index (χ2v) is 5.99. The molecule has 1 heterocycles. The third-order valence-electron chi connectivity index (χ3n) is 3.26. The molecule has 0 radical (unpaired) electrons. The van der Waals surface area contributed by atoms with Gasteiger partial charge >= 0.3 is 12.0 Å². The molecule has 1 aliphatic heterocycles. The Labute approximate surface area is 119 Å². The molecule has 0 aliphatic carbocycles. The Morgan fingerprint density at radius 1 is 1.26 bits per heavy atom. The summed E-state index contributed by atoms with van der Waals surface area (Å²) in [5.41, 5.74) is 0. The molecule has 1 fully saturated rings. The Kier molecular flexibility index (Phi) is 7.70. The van der Waals surface area contributed by atoms with E-state index in [4.69, 9.17) is 5.11 Å². The highest BCUT2D eigenvalue weighted by molar-refractivity contribution is 7.98. The Hall–Kier alpha value is -0.910. The average molecular weight is 288 g/mol. The smallest absolute Gasteiger partial charge is 0.317 e. The highest BCUT2D eigenvalue weighted by Crippen LogP contribution is 2.18. The quantitative estimate of drug-likeness (QED) is 0.637. The number of aliphatic carboxylic acids is 1. The van der Waals surface area contributed by atoms with Crippen molar-refractivity contribution in [3.05, 3.63) is 0 Å². The van der Waals surface area contributed by atoms with E-state index in [-0.39, 0.29) is 18.4 Å². The van der Waals surface area contributed by atoms with Gasteiger partial charge < -0.3 is 15.3 Å². The van der Waals surface area contributed by atoms with Gasteiger partial charge in [0, 0.05) is 25.6 Å². The topological polar surface area (TPSA) is 69.6 Å². The molecule has 0 aromatic rings. The van der Waals surface area contributed by atoms with Crippen LogP contribution in [0.2, 0.25) is 0 Å². The molecule has 1 rings (SSSR count). The SMILES string of the molecule is CSCCCCCCNC(=O)N1CC(CC(=O)O)C1. The molecule has 0 bridgehead atoms. The van der Waals surface area contributed by atoms with Gasteiger partial charge in [-0.3, -0.25) is 4.79 Å². The van der Waals surface area contributed by atoms with E-state index in [1.54, 1.807) is 4.90 Å². The third-order valence-corrected chi connectivity index (χ3v) is 3.96. The molecule has 0 unspecified atom stereocenters. The summed E-state index contributed by atoms with van der Waals surface area (Å²) in [6, 6.07) is -0.0502. The molecule has 6 heteroatoms. The van der Waals surface area contributed by atoms with E-state index in [0.717, 1.165) is 19.4 Å². The van der Waals surface area contributed by atoms with E-state index in [2.05, 4.69) is 11.6 Å². The second kappa shape index (κ2) is 9.07. The minimum Gasteiger partial charge on any atom is -0.481 e. The van der Waals surface area contributed by atoms with Gasteiger partial charge in [0.1, 0.15) is 0 Å². The Morgan fingerprint density at radius 2 is 1.95 bits per heavy atom. The summed E-state index contributed by atoms with van der Waals surface area (Å²) in [6.45, 7) is 1.87. The highest BCUT2D eigenvalue weighted by atomic mass is 32.2. The minimum absolute atomic E-state index is 0.0502. The van der Waals surface area contributed by atoms with Gasteiger partial charge in [-0.2, -0.15) is 11.8 Å². The highest BCUT2D eigenvalue weighted by Gasteiger charge is 2.31. The number of amides is 2. The van der Waals surface area contributed by atoms with Crippen LogP contribution in [0.5, 0.6) is 0 Å². The van der Waals surface area contributed by atoms with Crippen LogP contribution in [0.15, 0.2) is 0 Å². The van der Waals surface area contributed by atoms with Crippen molar-refractivity contribution in [3.8, 4) is 0 Å². The maximum absolute atomic E-state index is 11.7. The zero-order chi connectivity index (χ0) is 14.1. The number of hydrogen-bond acceptors (Lipinski definition) is 3. The van der Waals surface area contributed by atoms with E-state index in [0.29, 0.717) is 13.1 Å². The largest absolute Gasteiger partial charge is 0.481 e. The zero-order valence-electron chi connectivity index (χ0n) is 11.6. The fourth-order valence-corrected chi connectivity index (χ4v) is 2.64. The van der Waals surface area contributed by atoms with Gasteiger partial charge in [0.05, 0.1) is 6.42 Å². The number of thioether (sulfide) groups is 1. The first-order chi connectivity index (χ1) is 9.13. The van der Waals surface area contributed by atoms with Crippen molar-refractivity contribution >= 4 is 23.8 Å². The van der Waals surface area contributed by atoms with Crippen molar-refractivity contribution < 1.29 is 14.7 Å².